The van der Waals surface area contributed by atoms with Gasteiger partial charge in [-0.25, -0.2) is 4.79 Å². The molecule has 0 N–H and O–H groups in total. The topological polar surface area (TPSA) is 78.9 Å². The average molecular weight is 286 g/mol. The quantitative estimate of drug-likeness (QED) is 0.277. The minimum absolute atomic E-state index is 0.202. The first-order chi connectivity index (χ1) is 9.56. The number of esters is 3. The van der Waals surface area contributed by atoms with Crippen molar-refractivity contribution in [2.24, 2.45) is 5.92 Å². The molecular weight excluding hydrogens is 264 g/mol. The van der Waals surface area contributed by atoms with E-state index in [0.29, 0.717) is 13.0 Å². The third kappa shape index (κ3) is 7.56. The van der Waals surface area contributed by atoms with Crippen molar-refractivity contribution < 1.29 is 28.6 Å². The SMILES string of the molecule is CCOC(=O)C=CCCC(C(=O)OCC)C(=O)OCC. The Balaban J connectivity index is 4.39. The lowest BCUT2D eigenvalue weighted by Crippen LogP contribution is -2.28. The lowest BCUT2D eigenvalue weighted by molar-refractivity contribution is -0.161. The molecule has 0 aromatic heterocycles. The molecule has 0 bridgehead atoms. The molecule has 0 saturated heterocycles. The molecule has 0 spiro atoms. The van der Waals surface area contributed by atoms with E-state index in [0.717, 1.165) is 0 Å². The van der Waals surface area contributed by atoms with E-state index in [1.807, 2.05) is 0 Å². The summed E-state index contributed by atoms with van der Waals surface area (Å²) in [7, 11) is 0. The van der Waals surface area contributed by atoms with E-state index in [1.54, 1.807) is 26.8 Å². The molecule has 0 aliphatic rings. The van der Waals surface area contributed by atoms with Gasteiger partial charge in [-0.05, 0) is 33.6 Å². The van der Waals surface area contributed by atoms with Gasteiger partial charge >= 0.3 is 17.9 Å². The van der Waals surface area contributed by atoms with E-state index >= 15 is 0 Å². The first-order valence-corrected chi connectivity index (χ1v) is 6.73. The summed E-state index contributed by atoms with van der Waals surface area (Å²) in [4.78, 5) is 34.4. The molecule has 0 unspecified atom stereocenters. The molecule has 0 fully saturated rings. The second-order valence-corrected chi connectivity index (χ2v) is 3.79. The Labute approximate surface area is 119 Å². The summed E-state index contributed by atoms with van der Waals surface area (Å²) in [5.41, 5.74) is 0. The van der Waals surface area contributed by atoms with Gasteiger partial charge in [-0.3, -0.25) is 9.59 Å². The van der Waals surface area contributed by atoms with Crippen LogP contribution in [0.1, 0.15) is 33.6 Å². The molecule has 0 heterocycles. The molecule has 0 aliphatic heterocycles. The Morgan fingerprint density at radius 3 is 1.85 bits per heavy atom. The Bertz CT molecular complexity index is 330. The van der Waals surface area contributed by atoms with Crippen LogP contribution in [0, 0.1) is 5.92 Å². The molecule has 0 atom stereocenters. The number of carbonyl (C=O) groups is 3. The molecular formula is C14H22O6. The summed E-state index contributed by atoms with van der Waals surface area (Å²) in [6, 6.07) is 0. The smallest absolute Gasteiger partial charge is 0.330 e. The second kappa shape index (κ2) is 11.0. The van der Waals surface area contributed by atoms with Crippen LogP contribution in [0.25, 0.3) is 0 Å². The van der Waals surface area contributed by atoms with Crippen molar-refractivity contribution in [1.82, 2.24) is 0 Å². The lowest BCUT2D eigenvalue weighted by atomic mass is 10.0. The summed E-state index contributed by atoms with van der Waals surface area (Å²) in [6.07, 6.45) is 3.44. The van der Waals surface area contributed by atoms with Crippen molar-refractivity contribution >= 4 is 17.9 Å². The molecule has 0 amide bonds. The van der Waals surface area contributed by atoms with E-state index in [2.05, 4.69) is 0 Å². The van der Waals surface area contributed by atoms with Gasteiger partial charge in [0.25, 0.3) is 0 Å². The van der Waals surface area contributed by atoms with Crippen molar-refractivity contribution in [1.29, 1.82) is 0 Å². The Kier molecular flexibility index (Phi) is 10.00. The molecule has 0 rings (SSSR count). The van der Waals surface area contributed by atoms with Crippen LogP contribution < -0.4 is 0 Å². The zero-order chi connectivity index (χ0) is 15.4. The van der Waals surface area contributed by atoms with Crippen LogP contribution in [-0.2, 0) is 28.6 Å². The number of rotatable bonds is 9. The summed E-state index contributed by atoms with van der Waals surface area (Å²) >= 11 is 0. The van der Waals surface area contributed by atoms with E-state index in [4.69, 9.17) is 14.2 Å². The second-order valence-electron chi connectivity index (χ2n) is 3.79. The number of hydrogen-bond acceptors (Lipinski definition) is 6. The van der Waals surface area contributed by atoms with Crippen LogP contribution in [0.15, 0.2) is 12.2 Å². The molecule has 20 heavy (non-hydrogen) atoms. The number of ether oxygens (including phenoxy) is 3. The normalized spacial score (nSPS) is 10.6. The third-order valence-electron chi connectivity index (χ3n) is 2.30. The van der Waals surface area contributed by atoms with Gasteiger partial charge in [0.05, 0.1) is 19.8 Å². The number of carbonyl (C=O) groups excluding carboxylic acids is 3. The zero-order valence-corrected chi connectivity index (χ0v) is 12.2. The molecule has 114 valence electrons. The van der Waals surface area contributed by atoms with Crippen LogP contribution in [0.3, 0.4) is 0 Å². The van der Waals surface area contributed by atoms with Gasteiger partial charge in [-0.1, -0.05) is 6.08 Å². The van der Waals surface area contributed by atoms with E-state index in [-0.39, 0.29) is 19.6 Å². The summed E-state index contributed by atoms with van der Waals surface area (Å²) in [5.74, 6) is -2.61. The highest BCUT2D eigenvalue weighted by atomic mass is 16.6. The highest BCUT2D eigenvalue weighted by molar-refractivity contribution is 5.94. The van der Waals surface area contributed by atoms with Crippen molar-refractivity contribution in [3.8, 4) is 0 Å². The first kappa shape index (κ1) is 18.1. The molecule has 0 aromatic carbocycles. The third-order valence-corrected chi connectivity index (χ3v) is 2.30. The Morgan fingerprint density at radius 1 is 0.900 bits per heavy atom. The van der Waals surface area contributed by atoms with Gasteiger partial charge in [0.1, 0.15) is 0 Å². The summed E-state index contributed by atoms with van der Waals surface area (Å²) < 4.78 is 14.4. The Morgan fingerprint density at radius 2 is 1.40 bits per heavy atom. The highest BCUT2D eigenvalue weighted by Crippen LogP contribution is 2.12. The van der Waals surface area contributed by atoms with E-state index in [9.17, 15) is 14.4 Å². The van der Waals surface area contributed by atoms with Crippen molar-refractivity contribution in [3.63, 3.8) is 0 Å². The minimum atomic E-state index is -0.957. The van der Waals surface area contributed by atoms with Gasteiger partial charge in [0, 0.05) is 6.08 Å². The fraction of sp³-hybridized carbons (Fsp3) is 0.643. The lowest BCUT2D eigenvalue weighted by Gasteiger charge is -2.13. The summed E-state index contributed by atoms with van der Waals surface area (Å²) in [6.45, 7) is 5.75. The largest absolute Gasteiger partial charge is 0.465 e. The monoisotopic (exact) mass is 286 g/mol. The van der Waals surface area contributed by atoms with Crippen LogP contribution in [0.2, 0.25) is 0 Å². The Hall–Kier alpha value is -1.85. The maximum absolute atomic E-state index is 11.7. The van der Waals surface area contributed by atoms with Crippen LogP contribution in [0.4, 0.5) is 0 Å². The zero-order valence-electron chi connectivity index (χ0n) is 12.2. The van der Waals surface area contributed by atoms with Crippen LogP contribution in [0.5, 0.6) is 0 Å². The standard InChI is InChI=1S/C14H22O6/c1-4-18-12(15)10-8-7-9-11(13(16)19-5-2)14(17)20-6-3/h8,10-11H,4-7,9H2,1-3H3. The predicted octanol–water partition coefficient (Wildman–Crippen LogP) is 1.63. The van der Waals surface area contributed by atoms with Gasteiger partial charge < -0.3 is 14.2 Å². The van der Waals surface area contributed by atoms with Crippen LogP contribution >= 0.6 is 0 Å². The molecule has 0 radical (unpaired) electrons. The molecule has 0 aromatic rings. The maximum Gasteiger partial charge on any atom is 0.330 e. The van der Waals surface area contributed by atoms with Gasteiger partial charge in [0.15, 0.2) is 5.92 Å². The average Bonchev–Trinajstić information content (AvgIpc) is 2.39. The number of hydrogen-bond donors (Lipinski definition) is 0. The van der Waals surface area contributed by atoms with Crippen LogP contribution in [-0.4, -0.2) is 37.7 Å². The van der Waals surface area contributed by atoms with Gasteiger partial charge in [-0.15, -0.1) is 0 Å². The molecule has 6 heteroatoms. The van der Waals surface area contributed by atoms with E-state index < -0.39 is 23.8 Å². The fourth-order valence-electron chi connectivity index (χ4n) is 1.45. The molecule has 0 saturated carbocycles. The minimum Gasteiger partial charge on any atom is -0.465 e. The van der Waals surface area contributed by atoms with Crippen molar-refractivity contribution in [2.45, 2.75) is 33.6 Å². The van der Waals surface area contributed by atoms with Gasteiger partial charge in [-0.2, -0.15) is 0 Å². The van der Waals surface area contributed by atoms with Crippen molar-refractivity contribution in [3.05, 3.63) is 12.2 Å². The first-order valence-electron chi connectivity index (χ1n) is 6.73. The predicted molar refractivity (Wildman–Crippen MR) is 71.8 cm³/mol. The molecule has 6 nitrogen and oxygen atoms in total. The number of allylic oxidation sites excluding steroid dienone is 1. The van der Waals surface area contributed by atoms with Gasteiger partial charge in [0.2, 0.25) is 0 Å². The molecule has 0 aliphatic carbocycles. The highest BCUT2D eigenvalue weighted by Gasteiger charge is 2.28. The van der Waals surface area contributed by atoms with E-state index in [1.165, 1.54) is 6.08 Å². The summed E-state index contributed by atoms with van der Waals surface area (Å²) in [5, 5.41) is 0. The van der Waals surface area contributed by atoms with Crippen molar-refractivity contribution in [2.75, 3.05) is 19.8 Å². The maximum atomic E-state index is 11.7. The fourth-order valence-corrected chi connectivity index (χ4v) is 1.45.